The Morgan fingerprint density at radius 3 is 2.92 bits per heavy atom. The molecule has 2 atom stereocenters. The van der Waals surface area contributed by atoms with E-state index in [1.807, 2.05) is 11.8 Å². The van der Waals surface area contributed by atoms with E-state index in [2.05, 4.69) is 6.92 Å². The number of hydrogen-bond acceptors (Lipinski definition) is 2. The number of hydrogen-bond donors (Lipinski definition) is 1. The highest BCUT2D eigenvalue weighted by atomic mass is 32.2. The van der Waals surface area contributed by atoms with Crippen molar-refractivity contribution < 1.29 is 9.90 Å². The first-order valence-electron chi connectivity index (χ1n) is 5.07. The highest BCUT2D eigenvalue weighted by Crippen LogP contribution is 2.35. The number of carboxylic acids is 1. The van der Waals surface area contributed by atoms with Crippen LogP contribution in [-0.2, 0) is 4.79 Å². The lowest BCUT2D eigenvalue weighted by Gasteiger charge is -2.20. The predicted molar refractivity (Wildman–Crippen MR) is 56.1 cm³/mol. The second kappa shape index (κ2) is 5.53. The van der Waals surface area contributed by atoms with Crippen LogP contribution in [0.5, 0.6) is 0 Å². The Kier molecular flexibility index (Phi) is 4.64. The van der Waals surface area contributed by atoms with Gasteiger partial charge in [0.2, 0.25) is 0 Å². The second-order valence-corrected chi connectivity index (χ2v) is 5.05. The van der Waals surface area contributed by atoms with Crippen molar-refractivity contribution in [2.45, 2.75) is 44.3 Å². The molecule has 1 saturated heterocycles. The van der Waals surface area contributed by atoms with E-state index in [-0.39, 0.29) is 0 Å². The van der Waals surface area contributed by atoms with Crippen LogP contribution < -0.4 is 0 Å². The molecular weight excluding hydrogens is 184 g/mol. The van der Waals surface area contributed by atoms with E-state index >= 15 is 0 Å². The number of thioether (sulfide) groups is 1. The van der Waals surface area contributed by atoms with Crippen LogP contribution in [-0.4, -0.2) is 22.1 Å². The molecule has 3 heteroatoms. The number of aliphatic carboxylic acids is 1. The van der Waals surface area contributed by atoms with E-state index in [1.54, 1.807) is 0 Å². The van der Waals surface area contributed by atoms with Crippen molar-refractivity contribution in [3.05, 3.63) is 0 Å². The summed E-state index contributed by atoms with van der Waals surface area (Å²) in [7, 11) is 0. The van der Waals surface area contributed by atoms with Crippen molar-refractivity contribution in [1.29, 1.82) is 0 Å². The molecule has 0 aromatic rings. The summed E-state index contributed by atoms with van der Waals surface area (Å²) in [5, 5.41) is 9.38. The fraction of sp³-hybridized carbons (Fsp3) is 0.900. The van der Waals surface area contributed by atoms with Crippen LogP contribution in [0.15, 0.2) is 0 Å². The van der Waals surface area contributed by atoms with Crippen molar-refractivity contribution in [1.82, 2.24) is 0 Å². The van der Waals surface area contributed by atoms with Crippen LogP contribution in [0.2, 0.25) is 0 Å². The Bertz CT molecular complexity index is 164. The van der Waals surface area contributed by atoms with Gasteiger partial charge >= 0.3 is 5.97 Å². The van der Waals surface area contributed by atoms with Crippen LogP contribution in [0.25, 0.3) is 0 Å². The molecule has 1 aliphatic rings. The molecule has 1 aliphatic heterocycles. The minimum atomic E-state index is -0.633. The summed E-state index contributed by atoms with van der Waals surface area (Å²) in [5.74, 6) is 1.01. The van der Waals surface area contributed by atoms with Gasteiger partial charge in [0.05, 0.1) is 0 Å². The molecule has 1 heterocycles. The molecule has 1 rings (SSSR count). The Balaban J connectivity index is 2.39. The molecule has 0 spiro atoms. The maximum atomic E-state index is 10.6. The third kappa shape index (κ3) is 3.59. The van der Waals surface area contributed by atoms with Crippen LogP contribution >= 0.6 is 11.8 Å². The Morgan fingerprint density at radius 1 is 1.69 bits per heavy atom. The Labute approximate surface area is 84.1 Å². The first-order valence-corrected chi connectivity index (χ1v) is 6.12. The maximum Gasteiger partial charge on any atom is 0.303 e. The van der Waals surface area contributed by atoms with E-state index in [0.717, 1.165) is 12.8 Å². The molecule has 0 bridgehead atoms. The quantitative estimate of drug-likeness (QED) is 0.745. The van der Waals surface area contributed by atoms with Crippen LogP contribution in [0.1, 0.15) is 39.0 Å². The molecule has 1 fully saturated rings. The van der Waals surface area contributed by atoms with Gasteiger partial charge in [-0.15, -0.1) is 0 Å². The second-order valence-electron chi connectivity index (χ2n) is 3.70. The third-order valence-electron chi connectivity index (χ3n) is 2.59. The first kappa shape index (κ1) is 10.9. The molecule has 13 heavy (non-hydrogen) atoms. The average molecular weight is 202 g/mol. The SMILES string of the molecule is CCCC(CC(=O)O)C1CCCS1. The van der Waals surface area contributed by atoms with Crippen LogP contribution in [0.4, 0.5) is 0 Å². The molecular formula is C10H18O2S. The smallest absolute Gasteiger partial charge is 0.303 e. The monoisotopic (exact) mass is 202 g/mol. The molecule has 2 nitrogen and oxygen atoms in total. The van der Waals surface area contributed by atoms with Gasteiger partial charge in [-0.1, -0.05) is 13.3 Å². The van der Waals surface area contributed by atoms with Crippen molar-refractivity contribution in [2.24, 2.45) is 5.92 Å². The number of rotatable bonds is 5. The fourth-order valence-electron chi connectivity index (χ4n) is 1.99. The minimum absolute atomic E-state index is 0.367. The van der Waals surface area contributed by atoms with Crippen molar-refractivity contribution in [3.8, 4) is 0 Å². The maximum absolute atomic E-state index is 10.6. The van der Waals surface area contributed by atoms with Gasteiger partial charge in [-0.2, -0.15) is 11.8 Å². The summed E-state index contributed by atoms with van der Waals surface area (Å²) in [5.41, 5.74) is 0. The summed E-state index contributed by atoms with van der Waals surface area (Å²) < 4.78 is 0. The van der Waals surface area contributed by atoms with E-state index in [9.17, 15) is 4.79 Å². The lowest BCUT2D eigenvalue weighted by molar-refractivity contribution is -0.138. The Hall–Kier alpha value is -0.180. The summed E-state index contributed by atoms with van der Waals surface area (Å²) in [4.78, 5) is 10.6. The van der Waals surface area contributed by atoms with Gasteiger partial charge in [-0.25, -0.2) is 0 Å². The lowest BCUT2D eigenvalue weighted by atomic mass is 9.93. The lowest BCUT2D eigenvalue weighted by Crippen LogP contribution is -2.18. The average Bonchev–Trinajstić information content (AvgIpc) is 2.54. The van der Waals surface area contributed by atoms with Gasteiger partial charge in [0.1, 0.15) is 0 Å². The summed E-state index contributed by atoms with van der Waals surface area (Å²) in [6, 6.07) is 0. The zero-order valence-electron chi connectivity index (χ0n) is 8.16. The molecule has 1 N–H and O–H groups in total. The van der Waals surface area contributed by atoms with Gasteiger partial charge in [-0.05, 0) is 30.9 Å². The Morgan fingerprint density at radius 2 is 2.46 bits per heavy atom. The summed E-state index contributed by atoms with van der Waals surface area (Å²) in [6.07, 6.45) is 5.04. The zero-order chi connectivity index (χ0) is 9.68. The normalized spacial score (nSPS) is 24.5. The van der Waals surface area contributed by atoms with Crippen LogP contribution in [0.3, 0.4) is 0 Å². The molecule has 0 radical (unpaired) electrons. The van der Waals surface area contributed by atoms with Gasteiger partial charge in [0.25, 0.3) is 0 Å². The molecule has 0 aromatic carbocycles. The predicted octanol–water partition coefficient (Wildman–Crippen LogP) is 2.77. The largest absolute Gasteiger partial charge is 0.481 e. The van der Waals surface area contributed by atoms with Crippen molar-refractivity contribution in [3.63, 3.8) is 0 Å². The highest BCUT2D eigenvalue weighted by molar-refractivity contribution is 8.00. The van der Waals surface area contributed by atoms with Gasteiger partial charge in [-0.3, -0.25) is 4.79 Å². The first-order chi connectivity index (χ1) is 6.24. The minimum Gasteiger partial charge on any atom is -0.481 e. The van der Waals surface area contributed by atoms with Gasteiger partial charge in [0, 0.05) is 11.7 Å². The summed E-state index contributed by atoms with van der Waals surface area (Å²) in [6.45, 7) is 2.13. The molecule has 0 aromatic heterocycles. The summed E-state index contributed by atoms with van der Waals surface area (Å²) >= 11 is 1.97. The molecule has 0 aliphatic carbocycles. The van der Waals surface area contributed by atoms with Crippen molar-refractivity contribution >= 4 is 17.7 Å². The van der Waals surface area contributed by atoms with E-state index in [4.69, 9.17) is 5.11 Å². The van der Waals surface area contributed by atoms with Gasteiger partial charge < -0.3 is 5.11 Å². The zero-order valence-corrected chi connectivity index (χ0v) is 8.98. The van der Waals surface area contributed by atoms with E-state index in [1.165, 1.54) is 18.6 Å². The number of carbonyl (C=O) groups is 1. The highest BCUT2D eigenvalue weighted by Gasteiger charge is 2.26. The topological polar surface area (TPSA) is 37.3 Å². The van der Waals surface area contributed by atoms with E-state index < -0.39 is 5.97 Å². The van der Waals surface area contributed by atoms with Gasteiger partial charge in [0.15, 0.2) is 0 Å². The van der Waals surface area contributed by atoms with Crippen molar-refractivity contribution in [2.75, 3.05) is 5.75 Å². The van der Waals surface area contributed by atoms with Crippen LogP contribution in [0, 0.1) is 5.92 Å². The fourth-order valence-corrected chi connectivity index (χ4v) is 3.46. The molecule has 2 unspecified atom stereocenters. The molecule has 0 amide bonds. The molecule has 76 valence electrons. The van der Waals surface area contributed by atoms with E-state index in [0.29, 0.717) is 17.6 Å². The molecule has 0 saturated carbocycles. The standard InChI is InChI=1S/C10H18O2S/c1-2-4-8(7-10(11)12)9-5-3-6-13-9/h8-9H,2-7H2,1H3,(H,11,12). The number of carboxylic acid groups (broad SMARTS) is 1. The third-order valence-corrected chi connectivity index (χ3v) is 4.16.